The Kier molecular flexibility index (Phi) is 5.67. The van der Waals surface area contributed by atoms with Gasteiger partial charge >= 0.3 is 0 Å². The molecule has 1 heterocycles. The van der Waals surface area contributed by atoms with Crippen molar-refractivity contribution in [3.63, 3.8) is 0 Å². The van der Waals surface area contributed by atoms with E-state index in [-0.39, 0.29) is 17.9 Å². The minimum Gasteiger partial charge on any atom is -0.271 e. The summed E-state index contributed by atoms with van der Waals surface area (Å²) in [5, 5.41) is 0. The zero-order valence-electron chi connectivity index (χ0n) is 16.2. The monoisotopic (exact) mass is 391 g/mol. The molecule has 0 unspecified atom stereocenters. The summed E-state index contributed by atoms with van der Waals surface area (Å²) < 4.78 is 0. The van der Waals surface area contributed by atoms with E-state index in [0.717, 1.165) is 42.4 Å². The van der Waals surface area contributed by atoms with E-state index in [2.05, 4.69) is 12.1 Å². The lowest BCUT2D eigenvalue weighted by molar-refractivity contribution is -0.139. The van der Waals surface area contributed by atoms with Crippen LogP contribution in [0.2, 0.25) is 0 Å². The number of carbonyl (C=O) groups excluding carboxylic acids is 2. The summed E-state index contributed by atoms with van der Waals surface area (Å²) in [5.74, 6) is 0.466. The summed E-state index contributed by atoms with van der Waals surface area (Å²) in [4.78, 5) is 28.8. The SMILES string of the molecule is Cc1ccc(C2=C(SCc3ccccc3)C(=O)N(C3CCCCC3)C2=O)cc1. The average molecular weight is 392 g/mol. The third-order valence-corrected chi connectivity index (χ3v) is 6.72. The van der Waals surface area contributed by atoms with Crippen LogP contribution in [0, 0.1) is 6.92 Å². The molecule has 0 bridgehead atoms. The van der Waals surface area contributed by atoms with Gasteiger partial charge in [-0.05, 0) is 30.9 Å². The Morgan fingerprint density at radius 3 is 2.25 bits per heavy atom. The number of imide groups is 1. The first-order valence-electron chi connectivity index (χ1n) is 10.0. The van der Waals surface area contributed by atoms with Gasteiger partial charge in [0.2, 0.25) is 0 Å². The molecule has 2 amide bonds. The molecule has 3 nitrogen and oxygen atoms in total. The van der Waals surface area contributed by atoms with E-state index in [4.69, 9.17) is 0 Å². The summed E-state index contributed by atoms with van der Waals surface area (Å²) in [7, 11) is 0. The first-order valence-corrected chi connectivity index (χ1v) is 11.0. The predicted octanol–water partition coefficient (Wildman–Crippen LogP) is 5.34. The Bertz CT molecular complexity index is 896. The highest BCUT2D eigenvalue weighted by Gasteiger charge is 2.42. The number of rotatable bonds is 5. The molecule has 28 heavy (non-hydrogen) atoms. The Balaban J connectivity index is 1.67. The molecular formula is C24H25NO2S. The summed E-state index contributed by atoms with van der Waals surface area (Å²) in [6.45, 7) is 2.03. The largest absolute Gasteiger partial charge is 0.271 e. The van der Waals surface area contributed by atoms with Crippen LogP contribution < -0.4 is 0 Å². The minimum atomic E-state index is -0.115. The Labute approximate surface area is 170 Å². The van der Waals surface area contributed by atoms with Crippen LogP contribution in [0.4, 0.5) is 0 Å². The van der Waals surface area contributed by atoms with Gasteiger partial charge < -0.3 is 0 Å². The molecule has 2 aliphatic rings. The van der Waals surface area contributed by atoms with Gasteiger partial charge in [-0.2, -0.15) is 0 Å². The van der Waals surface area contributed by atoms with Crippen molar-refractivity contribution in [1.82, 2.24) is 4.90 Å². The molecule has 2 aromatic rings. The zero-order valence-corrected chi connectivity index (χ0v) is 17.0. The smallest absolute Gasteiger partial charge is 0.268 e. The maximum atomic E-state index is 13.4. The lowest BCUT2D eigenvalue weighted by atomic mass is 9.94. The molecular weight excluding hydrogens is 366 g/mol. The van der Waals surface area contributed by atoms with Gasteiger partial charge in [0, 0.05) is 11.8 Å². The Morgan fingerprint density at radius 2 is 1.57 bits per heavy atom. The molecule has 4 heteroatoms. The second-order valence-corrected chi connectivity index (χ2v) is 8.60. The van der Waals surface area contributed by atoms with E-state index in [1.54, 1.807) is 4.90 Å². The van der Waals surface area contributed by atoms with Crippen molar-refractivity contribution >= 4 is 29.1 Å². The molecule has 1 aliphatic carbocycles. The second-order valence-electron chi connectivity index (χ2n) is 7.62. The number of hydrogen-bond donors (Lipinski definition) is 0. The van der Waals surface area contributed by atoms with Gasteiger partial charge in [-0.25, -0.2) is 0 Å². The van der Waals surface area contributed by atoms with Crippen LogP contribution in [0.15, 0.2) is 59.5 Å². The normalized spacial score (nSPS) is 18.2. The van der Waals surface area contributed by atoms with Gasteiger partial charge in [0.1, 0.15) is 0 Å². The van der Waals surface area contributed by atoms with Crippen LogP contribution in [-0.2, 0) is 15.3 Å². The molecule has 1 saturated carbocycles. The van der Waals surface area contributed by atoms with Crippen molar-refractivity contribution in [3.05, 3.63) is 76.2 Å². The van der Waals surface area contributed by atoms with E-state index in [1.807, 2.05) is 49.4 Å². The fourth-order valence-electron chi connectivity index (χ4n) is 4.04. The van der Waals surface area contributed by atoms with Crippen LogP contribution in [0.1, 0.15) is 48.8 Å². The fraction of sp³-hybridized carbons (Fsp3) is 0.333. The van der Waals surface area contributed by atoms with E-state index in [9.17, 15) is 9.59 Å². The van der Waals surface area contributed by atoms with Gasteiger partial charge in [0.05, 0.1) is 10.5 Å². The molecule has 0 N–H and O–H groups in total. The highest BCUT2D eigenvalue weighted by molar-refractivity contribution is 8.03. The zero-order chi connectivity index (χ0) is 19.5. The topological polar surface area (TPSA) is 37.4 Å². The number of amides is 2. The number of aryl methyl sites for hydroxylation is 1. The van der Waals surface area contributed by atoms with Crippen molar-refractivity contribution in [2.24, 2.45) is 0 Å². The van der Waals surface area contributed by atoms with Crippen LogP contribution in [0.25, 0.3) is 5.57 Å². The molecule has 0 saturated heterocycles. The molecule has 4 rings (SSSR count). The molecule has 1 aliphatic heterocycles. The van der Waals surface area contributed by atoms with Crippen molar-refractivity contribution < 1.29 is 9.59 Å². The van der Waals surface area contributed by atoms with Crippen LogP contribution in [0.3, 0.4) is 0 Å². The molecule has 2 aromatic carbocycles. The van der Waals surface area contributed by atoms with Crippen molar-refractivity contribution in [1.29, 1.82) is 0 Å². The van der Waals surface area contributed by atoms with Gasteiger partial charge in [-0.1, -0.05) is 79.4 Å². The van der Waals surface area contributed by atoms with E-state index in [1.165, 1.54) is 18.2 Å². The number of benzene rings is 2. The number of nitrogens with zero attached hydrogens (tertiary/aromatic N) is 1. The number of thioether (sulfide) groups is 1. The van der Waals surface area contributed by atoms with E-state index in [0.29, 0.717) is 16.2 Å². The van der Waals surface area contributed by atoms with Crippen molar-refractivity contribution in [2.75, 3.05) is 0 Å². The van der Waals surface area contributed by atoms with Crippen LogP contribution in [-0.4, -0.2) is 22.8 Å². The molecule has 0 atom stereocenters. The van der Waals surface area contributed by atoms with Gasteiger partial charge in [0.15, 0.2) is 0 Å². The molecule has 1 fully saturated rings. The molecule has 144 valence electrons. The average Bonchev–Trinajstić information content (AvgIpc) is 2.98. The standard InChI is InChI=1S/C24H25NO2S/c1-17-12-14-19(15-13-17)21-22(28-16-18-8-4-2-5-9-18)24(27)25(23(21)26)20-10-6-3-7-11-20/h2,4-5,8-9,12-15,20H,3,6-7,10-11,16H2,1H3. The highest BCUT2D eigenvalue weighted by Crippen LogP contribution is 2.40. The minimum absolute atomic E-state index is 0.0454. The van der Waals surface area contributed by atoms with Gasteiger partial charge in [-0.15, -0.1) is 11.8 Å². The lowest BCUT2D eigenvalue weighted by Crippen LogP contribution is -2.42. The third kappa shape index (κ3) is 3.79. The predicted molar refractivity (Wildman–Crippen MR) is 115 cm³/mol. The summed E-state index contributed by atoms with van der Waals surface area (Å²) >= 11 is 1.49. The first-order chi connectivity index (χ1) is 13.6. The fourth-order valence-corrected chi connectivity index (χ4v) is 5.11. The van der Waals surface area contributed by atoms with Crippen molar-refractivity contribution in [2.45, 2.75) is 50.8 Å². The summed E-state index contributed by atoms with van der Waals surface area (Å²) in [6, 6.07) is 18.1. The summed E-state index contributed by atoms with van der Waals surface area (Å²) in [6.07, 6.45) is 5.23. The van der Waals surface area contributed by atoms with Crippen LogP contribution in [0.5, 0.6) is 0 Å². The Morgan fingerprint density at radius 1 is 0.893 bits per heavy atom. The third-order valence-electron chi connectivity index (χ3n) is 5.58. The van der Waals surface area contributed by atoms with E-state index < -0.39 is 0 Å². The molecule has 0 radical (unpaired) electrons. The second kappa shape index (κ2) is 8.36. The molecule has 0 aromatic heterocycles. The van der Waals surface area contributed by atoms with Crippen LogP contribution >= 0.6 is 11.8 Å². The summed E-state index contributed by atoms with van der Waals surface area (Å²) in [5.41, 5.74) is 3.72. The Hall–Kier alpha value is -2.33. The van der Waals surface area contributed by atoms with Gasteiger partial charge in [0.25, 0.3) is 11.8 Å². The lowest BCUT2D eigenvalue weighted by Gasteiger charge is -2.29. The first kappa shape index (κ1) is 19.0. The van der Waals surface area contributed by atoms with Crippen molar-refractivity contribution in [3.8, 4) is 0 Å². The maximum Gasteiger partial charge on any atom is 0.268 e. The number of hydrogen-bond acceptors (Lipinski definition) is 3. The van der Waals surface area contributed by atoms with E-state index >= 15 is 0 Å². The highest BCUT2D eigenvalue weighted by atomic mass is 32.2. The quantitative estimate of drug-likeness (QED) is 0.646. The molecule has 0 spiro atoms. The maximum absolute atomic E-state index is 13.4. The van der Waals surface area contributed by atoms with Gasteiger partial charge in [-0.3, -0.25) is 14.5 Å². The number of carbonyl (C=O) groups is 2.